The summed E-state index contributed by atoms with van der Waals surface area (Å²) in [6.45, 7) is 11.5. The van der Waals surface area contributed by atoms with Crippen molar-refractivity contribution in [3.63, 3.8) is 0 Å². The lowest BCUT2D eigenvalue weighted by atomic mass is 10.1. The summed E-state index contributed by atoms with van der Waals surface area (Å²) in [7, 11) is -3.30. The molecule has 0 spiro atoms. The fraction of sp³-hybridized carbons (Fsp3) is 0.385. The monoisotopic (exact) mass is 513 g/mol. The Morgan fingerprint density at radius 1 is 1.09 bits per heavy atom. The van der Waals surface area contributed by atoms with Crippen LogP contribution >= 0.6 is 18.9 Å². The molecule has 0 atom stereocenters. The number of rotatable bonds is 9. The van der Waals surface area contributed by atoms with Crippen LogP contribution in [0.1, 0.15) is 61.8 Å². The van der Waals surface area contributed by atoms with Crippen molar-refractivity contribution in [1.29, 1.82) is 0 Å². The van der Waals surface area contributed by atoms with Crippen molar-refractivity contribution in [2.75, 3.05) is 5.32 Å². The van der Waals surface area contributed by atoms with Gasteiger partial charge >= 0.3 is 7.60 Å². The minimum Gasteiger partial charge on any atom is -0.358 e. The first-order chi connectivity index (χ1) is 16.6. The van der Waals surface area contributed by atoms with Gasteiger partial charge in [0.15, 0.2) is 5.13 Å². The number of fused-ring (bicyclic) bond motifs is 3. The number of nitrogens with one attached hydrogen (secondary N) is 2. The Labute approximate surface area is 209 Å². The number of nitrogens with zero attached hydrogens (tertiary/aromatic N) is 1. The first-order valence-electron chi connectivity index (χ1n) is 11.9. The molecule has 2 aromatic heterocycles. The van der Waals surface area contributed by atoms with Gasteiger partial charge in [0, 0.05) is 22.2 Å². The molecule has 0 fully saturated rings. The number of hydrogen-bond donors (Lipinski definition) is 2. The number of aromatic nitrogens is 2. The second kappa shape index (κ2) is 10.2. The summed E-state index contributed by atoms with van der Waals surface area (Å²) < 4.78 is 25.4. The van der Waals surface area contributed by atoms with Crippen molar-refractivity contribution >= 4 is 51.1 Å². The molecule has 2 heterocycles. The van der Waals surface area contributed by atoms with Gasteiger partial charge in [-0.25, -0.2) is 4.98 Å². The van der Waals surface area contributed by atoms with E-state index in [-0.39, 0.29) is 24.3 Å². The van der Waals surface area contributed by atoms with Crippen LogP contribution in [0.25, 0.3) is 21.1 Å². The molecule has 2 N–H and O–H groups in total. The lowest BCUT2D eigenvalue weighted by molar-refractivity contribution is 0.102. The average molecular weight is 514 g/mol. The molecule has 4 aromatic rings. The molecule has 1 amide bonds. The maximum Gasteiger partial charge on any atom is 0.335 e. The number of anilines is 1. The molecule has 0 unspecified atom stereocenters. The van der Waals surface area contributed by atoms with Gasteiger partial charge in [-0.2, -0.15) is 0 Å². The van der Waals surface area contributed by atoms with Gasteiger partial charge in [-0.15, -0.1) is 0 Å². The second-order valence-corrected chi connectivity index (χ2v) is 12.2. The van der Waals surface area contributed by atoms with Gasteiger partial charge in [-0.05, 0) is 76.4 Å². The molecular formula is C26H32N3O4PS. The van der Waals surface area contributed by atoms with Crippen LogP contribution in [0.3, 0.4) is 0 Å². The van der Waals surface area contributed by atoms with Gasteiger partial charge < -0.3 is 14.0 Å². The third-order valence-corrected chi connectivity index (χ3v) is 8.72. The van der Waals surface area contributed by atoms with Crippen LogP contribution in [0.5, 0.6) is 0 Å². The van der Waals surface area contributed by atoms with Crippen LogP contribution in [0.15, 0.2) is 36.4 Å². The first-order valence-corrected chi connectivity index (χ1v) is 14.4. The SMILES string of the molecule is CCc1c(C)[nH]c2ccc3sc(NC(=O)c4ccc(CP(=O)(OC(C)C)OC(C)C)cc4)nc3c12. The minimum atomic E-state index is -3.30. The van der Waals surface area contributed by atoms with E-state index in [1.165, 1.54) is 16.9 Å². The van der Waals surface area contributed by atoms with E-state index in [1.54, 1.807) is 24.3 Å². The molecule has 2 aromatic carbocycles. The number of H-pyrrole nitrogens is 1. The summed E-state index contributed by atoms with van der Waals surface area (Å²) >= 11 is 1.46. The standard InChI is InChI=1S/C26H32N3O4PS/c1-7-20-17(6)27-21-12-13-22-24(23(20)21)28-26(35-22)29-25(30)19-10-8-18(9-11-19)14-34(31,32-15(2)3)33-16(4)5/h8-13,15-16,27H,7,14H2,1-6H3,(H,28,29,30). The molecule has 0 aliphatic heterocycles. The molecule has 0 aliphatic carbocycles. The van der Waals surface area contributed by atoms with E-state index < -0.39 is 7.60 Å². The molecule has 4 rings (SSSR count). The molecule has 0 aliphatic rings. The summed E-state index contributed by atoms with van der Waals surface area (Å²) in [6.07, 6.45) is 0.620. The van der Waals surface area contributed by atoms with Gasteiger partial charge in [0.25, 0.3) is 5.91 Å². The predicted molar refractivity (Wildman–Crippen MR) is 144 cm³/mol. The van der Waals surface area contributed by atoms with E-state index in [0.717, 1.165) is 38.8 Å². The number of amides is 1. The lowest BCUT2D eigenvalue weighted by Crippen LogP contribution is -2.12. The topological polar surface area (TPSA) is 93.3 Å². The Bertz CT molecular complexity index is 1390. The fourth-order valence-corrected chi connectivity index (χ4v) is 7.27. The van der Waals surface area contributed by atoms with Crippen molar-refractivity contribution in [3.05, 3.63) is 58.8 Å². The highest BCUT2D eigenvalue weighted by Gasteiger charge is 2.28. The number of thiazole rings is 1. The zero-order valence-electron chi connectivity index (χ0n) is 21.0. The van der Waals surface area contributed by atoms with Gasteiger partial charge in [0.2, 0.25) is 0 Å². The zero-order chi connectivity index (χ0) is 25.3. The lowest BCUT2D eigenvalue weighted by Gasteiger charge is -2.22. The summed E-state index contributed by atoms with van der Waals surface area (Å²) in [4.78, 5) is 21.1. The smallest absolute Gasteiger partial charge is 0.335 e. The maximum atomic E-state index is 13.2. The van der Waals surface area contributed by atoms with Crippen molar-refractivity contribution in [2.45, 2.75) is 66.3 Å². The quantitative estimate of drug-likeness (QED) is 0.227. The molecule has 186 valence electrons. The van der Waals surface area contributed by atoms with Gasteiger partial charge in [0.05, 0.1) is 28.6 Å². The molecule has 0 radical (unpaired) electrons. The summed E-state index contributed by atoms with van der Waals surface area (Å²) in [5.41, 5.74) is 5.65. The van der Waals surface area contributed by atoms with Gasteiger partial charge in [0.1, 0.15) is 0 Å². The van der Waals surface area contributed by atoms with Gasteiger partial charge in [-0.1, -0.05) is 30.4 Å². The average Bonchev–Trinajstić information content (AvgIpc) is 3.31. The van der Waals surface area contributed by atoms with E-state index in [2.05, 4.69) is 30.2 Å². The van der Waals surface area contributed by atoms with Crippen LogP contribution in [0.2, 0.25) is 0 Å². The van der Waals surface area contributed by atoms with Crippen molar-refractivity contribution < 1.29 is 18.4 Å². The summed E-state index contributed by atoms with van der Waals surface area (Å²) in [6, 6.07) is 11.1. The molecule has 9 heteroatoms. The molecule has 7 nitrogen and oxygen atoms in total. The Kier molecular flexibility index (Phi) is 7.48. The highest BCUT2D eigenvalue weighted by atomic mass is 32.1. The van der Waals surface area contributed by atoms with E-state index in [9.17, 15) is 9.36 Å². The first kappa shape index (κ1) is 25.6. The second-order valence-electron chi connectivity index (χ2n) is 9.16. The number of aryl methyl sites for hydroxylation is 2. The van der Waals surface area contributed by atoms with Crippen LogP contribution in [-0.2, 0) is 26.2 Å². The van der Waals surface area contributed by atoms with Crippen molar-refractivity contribution in [1.82, 2.24) is 9.97 Å². The summed E-state index contributed by atoms with van der Waals surface area (Å²) in [5.74, 6) is -0.243. The number of benzene rings is 2. The highest BCUT2D eigenvalue weighted by Crippen LogP contribution is 2.53. The summed E-state index contributed by atoms with van der Waals surface area (Å²) in [5, 5.41) is 4.61. The molecule has 0 saturated carbocycles. The number of aromatic amines is 1. The van der Waals surface area contributed by atoms with E-state index >= 15 is 0 Å². The van der Waals surface area contributed by atoms with E-state index in [0.29, 0.717) is 10.7 Å². The molecule has 0 bridgehead atoms. The Hall–Kier alpha value is -2.51. The van der Waals surface area contributed by atoms with E-state index in [1.807, 2.05) is 33.8 Å². The number of carbonyl (C=O) groups excluding carboxylic acids is 1. The maximum absolute atomic E-state index is 13.2. The van der Waals surface area contributed by atoms with Gasteiger partial charge in [-0.3, -0.25) is 14.7 Å². The molecule has 0 saturated heterocycles. The number of carbonyl (C=O) groups is 1. The molecular weight excluding hydrogens is 481 g/mol. The Morgan fingerprint density at radius 3 is 2.34 bits per heavy atom. The van der Waals surface area contributed by atoms with Crippen LogP contribution in [0.4, 0.5) is 5.13 Å². The van der Waals surface area contributed by atoms with E-state index in [4.69, 9.17) is 14.0 Å². The highest BCUT2D eigenvalue weighted by molar-refractivity contribution is 7.53. The van der Waals surface area contributed by atoms with Crippen LogP contribution in [-0.4, -0.2) is 28.1 Å². The van der Waals surface area contributed by atoms with Crippen LogP contribution in [0, 0.1) is 6.92 Å². The third-order valence-electron chi connectivity index (χ3n) is 5.55. The Morgan fingerprint density at radius 2 is 1.74 bits per heavy atom. The normalized spacial score (nSPS) is 12.3. The minimum absolute atomic E-state index is 0.148. The fourth-order valence-electron chi connectivity index (χ4n) is 4.26. The van der Waals surface area contributed by atoms with Crippen molar-refractivity contribution in [2.24, 2.45) is 0 Å². The number of hydrogen-bond acceptors (Lipinski definition) is 6. The predicted octanol–water partition coefficient (Wildman–Crippen LogP) is 7.44. The molecule has 35 heavy (non-hydrogen) atoms. The third kappa shape index (κ3) is 5.67. The van der Waals surface area contributed by atoms with Crippen molar-refractivity contribution in [3.8, 4) is 0 Å². The zero-order valence-corrected chi connectivity index (χ0v) is 22.7. The van der Waals surface area contributed by atoms with Crippen LogP contribution < -0.4 is 5.32 Å². The largest absolute Gasteiger partial charge is 0.358 e. The Balaban J connectivity index is 1.52.